The number of aliphatic hydroxyl groups excluding tert-OH is 8. The van der Waals surface area contributed by atoms with Gasteiger partial charge in [-0.1, -0.05) is 0 Å². The highest BCUT2D eigenvalue weighted by atomic mass is 16.7. The normalized spacial score (nSPS) is 37.9. The van der Waals surface area contributed by atoms with Gasteiger partial charge in [0.1, 0.15) is 73.1 Å². The Balaban J connectivity index is 1.64. The molecule has 52 heavy (non-hydrogen) atoms. The minimum absolute atomic E-state index is 0.00960. The molecule has 3 heterocycles. The summed E-state index contributed by atoms with van der Waals surface area (Å²) in [5.41, 5.74) is -0.300. The van der Waals surface area contributed by atoms with E-state index in [9.17, 15) is 65.4 Å². The number of amides is 3. The van der Waals surface area contributed by atoms with Crippen LogP contribution >= 0.6 is 0 Å². The quantitative estimate of drug-likeness (QED) is 0.0705. The van der Waals surface area contributed by atoms with Crippen molar-refractivity contribution >= 4 is 29.1 Å². The van der Waals surface area contributed by atoms with Gasteiger partial charge in [-0.15, -0.1) is 0 Å². The smallest absolute Gasteiger partial charge is 0.269 e. The second kappa shape index (κ2) is 17.6. The van der Waals surface area contributed by atoms with E-state index in [1.807, 2.05) is 0 Å². The lowest BCUT2D eigenvalue weighted by atomic mass is 9.93. The molecule has 22 nitrogen and oxygen atoms in total. The molecule has 3 fully saturated rings. The van der Waals surface area contributed by atoms with Crippen molar-refractivity contribution in [1.82, 2.24) is 10.6 Å². The topological polar surface area (TPSA) is 330 Å². The van der Waals surface area contributed by atoms with Gasteiger partial charge in [0.05, 0.1) is 24.7 Å². The monoisotopic (exact) mass is 748 g/mol. The summed E-state index contributed by atoms with van der Waals surface area (Å²) in [4.78, 5) is 48.5. The molecular weight excluding hydrogens is 704 g/mol. The maximum absolute atomic E-state index is 12.9. The Kier molecular flexibility index (Phi) is 13.9. The summed E-state index contributed by atoms with van der Waals surface area (Å²) in [6.45, 7) is 0.709. The van der Waals surface area contributed by atoms with Gasteiger partial charge < -0.3 is 80.1 Å². The average Bonchev–Trinajstić information content (AvgIpc) is 3.09. The minimum atomic E-state index is -1.94. The molecule has 0 aliphatic carbocycles. The number of hydrogen-bond donors (Lipinski definition) is 10. The number of benzene rings is 1. The number of nitro benzene ring substituents is 1. The summed E-state index contributed by atoms with van der Waals surface area (Å²) >= 11 is 0. The van der Waals surface area contributed by atoms with Gasteiger partial charge in [-0.05, 0) is 12.1 Å². The fourth-order valence-corrected chi connectivity index (χ4v) is 6.45. The third kappa shape index (κ3) is 8.82. The molecule has 0 unspecified atom stereocenters. The van der Waals surface area contributed by atoms with Gasteiger partial charge >= 0.3 is 0 Å². The van der Waals surface area contributed by atoms with E-state index >= 15 is 0 Å². The number of nitrogens with zero attached hydrogens (tertiary/aromatic N) is 2. The van der Waals surface area contributed by atoms with Gasteiger partial charge in [0.25, 0.3) is 5.69 Å². The van der Waals surface area contributed by atoms with E-state index in [0.717, 1.165) is 37.8 Å². The highest BCUT2D eigenvalue weighted by Gasteiger charge is 2.55. The number of anilines is 1. The van der Waals surface area contributed by atoms with E-state index in [2.05, 4.69) is 10.6 Å². The van der Waals surface area contributed by atoms with Crippen LogP contribution in [0.4, 0.5) is 11.4 Å². The number of carbonyl (C=O) groups is 3. The Hall–Kier alpha value is -3.49. The van der Waals surface area contributed by atoms with Crippen molar-refractivity contribution in [1.29, 1.82) is 0 Å². The number of aliphatic hydroxyl groups is 8. The van der Waals surface area contributed by atoms with Crippen molar-refractivity contribution in [2.24, 2.45) is 0 Å². The molecule has 3 aliphatic heterocycles. The number of rotatable bonds is 12. The molecule has 0 radical (unpaired) electrons. The molecule has 3 amide bonds. The maximum atomic E-state index is 12.9. The molecule has 292 valence electrons. The fraction of sp³-hybridized carbons (Fsp3) is 0.700. The summed E-state index contributed by atoms with van der Waals surface area (Å²) in [6, 6.07) is -0.136. The number of nitrogens with one attached hydrogen (secondary N) is 2. The SMILES string of the molecule is CC(=O)N[C@H]1[C@H](O[C@H]2[C@H](O)[C@@H](N(C(C)=O)c3ccc([N+](=O)[O-])cc3)[C@H](O)O[C@@H]2CO)O[C@H](CO)[C@@H](O[C@@H]2O[C@H](CO)[C@@H](O)[C@H](O)[C@H]2NC(C)=O)[C@@H]1O. The fourth-order valence-electron chi connectivity index (χ4n) is 6.45. The lowest BCUT2D eigenvalue weighted by Crippen LogP contribution is -2.71. The maximum Gasteiger partial charge on any atom is 0.269 e. The lowest BCUT2D eigenvalue weighted by molar-refractivity contribution is -0.384. The summed E-state index contributed by atoms with van der Waals surface area (Å²) < 4.78 is 28.9. The molecule has 3 aliphatic rings. The number of nitro groups is 1. The van der Waals surface area contributed by atoms with Gasteiger partial charge in [0.2, 0.25) is 17.7 Å². The van der Waals surface area contributed by atoms with Crippen molar-refractivity contribution in [2.75, 3.05) is 24.7 Å². The molecule has 3 saturated heterocycles. The molecular formula is C30H44N4O18. The summed E-state index contributed by atoms with van der Waals surface area (Å²) in [7, 11) is 0. The zero-order valence-electron chi connectivity index (χ0n) is 28.1. The van der Waals surface area contributed by atoms with E-state index in [4.69, 9.17) is 23.7 Å². The third-order valence-corrected chi connectivity index (χ3v) is 8.87. The van der Waals surface area contributed by atoms with E-state index < -0.39 is 134 Å². The van der Waals surface area contributed by atoms with Crippen LogP contribution in [-0.4, -0.2) is 175 Å². The molecule has 22 heteroatoms. The summed E-state index contributed by atoms with van der Waals surface area (Å²) in [5.74, 6) is -2.16. The van der Waals surface area contributed by atoms with Crippen molar-refractivity contribution in [3.05, 3.63) is 34.4 Å². The zero-order valence-corrected chi connectivity index (χ0v) is 28.1. The van der Waals surface area contributed by atoms with Crippen molar-refractivity contribution < 1.29 is 83.8 Å². The van der Waals surface area contributed by atoms with Crippen LogP contribution < -0.4 is 15.5 Å². The number of ether oxygens (including phenoxy) is 5. The van der Waals surface area contributed by atoms with Crippen molar-refractivity contribution in [3.8, 4) is 0 Å². The predicted octanol–water partition coefficient (Wildman–Crippen LogP) is -5.32. The Morgan fingerprint density at radius 3 is 1.65 bits per heavy atom. The van der Waals surface area contributed by atoms with Gasteiger partial charge in [-0.2, -0.15) is 0 Å². The van der Waals surface area contributed by atoms with E-state index in [-0.39, 0.29) is 11.4 Å². The predicted molar refractivity (Wildman–Crippen MR) is 168 cm³/mol. The Labute approximate surface area is 295 Å². The van der Waals surface area contributed by atoms with Gasteiger partial charge in [0.15, 0.2) is 18.9 Å². The average molecular weight is 749 g/mol. The highest BCUT2D eigenvalue weighted by molar-refractivity contribution is 5.92. The standard InChI is InChI=1S/C30H44N4O18/c1-11(38)31-19-23(42)22(41)16(8-35)49-29(19)51-26-18(10-37)50-30(20(24(26)43)32-12(2)39)52-27-17(9-36)48-28(45)21(25(27)44)33(13(3)40)14-4-6-15(7-5-14)34(46)47/h4-7,16-30,35-37,41-45H,8-10H2,1-3H3,(H,31,38)(H,32,39)/t16-,17-,18-,19-,20-,21-,22-,23-,24-,25-,26-,27-,28-,29+,30+/m1/s1. The Morgan fingerprint density at radius 1 is 0.731 bits per heavy atom. The van der Waals surface area contributed by atoms with Crippen molar-refractivity contribution in [2.45, 2.75) is 113 Å². The second-order valence-corrected chi connectivity index (χ2v) is 12.5. The number of hydrogen-bond acceptors (Lipinski definition) is 18. The second-order valence-electron chi connectivity index (χ2n) is 12.5. The molecule has 1 aromatic carbocycles. The molecule has 4 rings (SSSR count). The van der Waals surface area contributed by atoms with Crippen LogP contribution in [0.1, 0.15) is 20.8 Å². The van der Waals surface area contributed by atoms with Crippen LogP contribution in [0.3, 0.4) is 0 Å². The van der Waals surface area contributed by atoms with Gasteiger partial charge in [-0.25, -0.2) is 0 Å². The van der Waals surface area contributed by atoms with Gasteiger partial charge in [0, 0.05) is 38.6 Å². The largest absolute Gasteiger partial charge is 0.394 e. The molecule has 15 atom stereocenters. The zero-order chi connectivity index (χ0) is 38.6. The highest BCUT2D eigenvalue weighted by Crippen LogP contribution is 2.35. The number of carbonyl (C=O) groups excluding carboxylic acids is 3. The first-order chi connectivity index (χ1) is 24.5. The van der Waals surface area contributed by atoms with E-state index in [1.54, 1.807) is 0 Å². The van der Waals surface area contributed by atoms with E-state index in [1.165, 1.54) is 12.1 Å². The molecule has 0 bridgehead atoms. The third-order valence-electron chi connectivity index (χ3n) is 8.87. The molecule has 0 saturated carbocycles. The first kappa shape index (κ1) is 41.3. The minimum Gasteiger partial charge on any atom is -0.394 e. The first-order valence-corrected chi connectivity index (χ1v) is 16.1. The molecule has 10 N–H and O–H groups in total. The number of non-ortho nitro benzene ring substituents is 1. The molecule has 1 aromatic rings. The first-order valence-electron chi connectivity index (χ1n) is 16.1. The van der Waals surface area contributed by atoms with Crippen LogP contribution in [0.2, 0.25) is 0 Å². The molecule has 0 spiro atoms. The summed E-state index contributed by atoms with van der Waals surface area (Å²) in [5, 5.41) is 101. The Bertz CT molecular complexity index is 1410. The van der Waals surface area contributed by atoms with E-state index in [0.29, 0.717) is 0 Å². The van der Waals surface area contributed by atoms with Crippen LogP contribution in [0, 0.1) is 10.1 Å². The van der Waals surface area contributed by atoms with Crippen LogP contribution in [0.15, 0.2) is 24.3 Å². The van der Waals surface area contributed by atoms with Crippen LogP contribution in [0.25, 0.3) is 0 Å². The summed E-state index contributed by atoms with van der Waals surface area (Å²) in [6.07, 6.45) is -20.3. The van der Waals surface area contributed by atoms with Crippen molar-refractivity contribution in [3.63, 3.8) is 0 Å². The van der Waals surface area contributed by atoms with Crippen LogP contribution in [-0.2, 0) is 38.1 Å². The van der Waals surface area contributed by atoms with Crippen LogP contribution in [0.5, 0.6) is 0 Å². The Morgan fingerprint density at radius 2 is 1.19 bits per heavy atom. The molecule has 0 aromatic heterocycles. The van der Waals surface area contributed by atoms with Gasteiger partial charge in [-0.3, -0.25) is 24.5 Å². The lowest BCUT2D eigenvalue weighted by Gasteiger charge is -2.50.